The van der Waals surface area contributed by atoms with Gasteiger partial charge in [0.25, 0.3) is 5.79 Å². The molecule has 0 saturated carbocycles. The first-order valence-corrected chi connectivity index (χ1v) is 22.1. The quantitative estimate of drug-likeness (QED) is 0.0606. The number of hydrogen-bond donors (Lipinski definition) is 18. The minimum Gasteiger partial charge on any atom is -0.477 e. The van der Waals surface area contributed by atoms with Crippen LogP contribution in [0, 0.1) is 0 Å². The van der Waals surface area contributed by atoms with Crippen LogP contribution in [0.1, 0.15) is 34.1 Å². The molecule has 404 valence electrons. The molecule has 5 aliphatic rings. The second-order valence-electron chi connectivity index (χ2n) is 17.6. The predicted octanol–water partition coefficient (Wildman–Crippen LogP) is -11.3. The number of ether oxygens (including phenoxy) is 9. The maximum absolute atomic E-state index is 13.1. The van der Waals surface area contributed by atoms with Crippen LogP contribution in [0.3, 0.4) is 0 Å². The largest absolute Gasteiger partial charge is 0.477 e. The summed E-state index contributed by atoms with van der Waals surface area (Å²) in [5, 5.41) is 168. The van der Waals surface area contributed by atoms with Crippen molar-refractivity contribution in [3.05, 3.63) is 0 Å². The second-order valence-corrected chi connectivity index (χ2v) is 17.6. The molecule has 0 aromatic carbocycles. The summed E-state index contributed by atoms with van der Waals surface area (Å²) < 4.78 is 52.5. The molecule has 18 N–H and O–H groups in total. The van der Waals surface area contributed by atoms with Crippen molar-refractivity contribution in [1.82, 2.24) is 16.0 Å². The van der Waals surface area contributed by atoms with Crippen molar-refractivity contribution in [2.75, 3.05) is 26.4 Å². The third kappa shape index (κ3) is 12.5. The molecule has 3 amide bonds. The Hall–Kier alpha value is -3.04. The summed E-state index contributed by atoms with van der Waals surface area (Å²) in [6, 6.07) is -5.19. The Morgan fingerprint density at radius 3 is 1.64 bits per heavy atom. The average Bonchev–Trinajstić information content (AvgIpc) is 3.30. The third-order valence-corrected chi connectivity index (χ3v) is 12.5. The standard InChI is InChI=1S/C39H65N3O28/c1-10-22(52)26(56)27(57)36(62-10)66-29-18(9-46)65-35(67-30-20(41-12(3)48)34(59)63-16(7-44)24(30)54)21(42-13(4)49)32(29)68-37-28(58)33(25(55)17(8-45)64-37)70-39(38(60)61)5-14(50)19(40-11(2)47)31(69-39)23(53)15(51)6-43/h10,14-37,43-46,50-59H,5-9H2,1-4H3,(H,40,47)(H,41,48)(H,42,49)(H,60,61)/t10-,14-,15+,16+,17+,18+,19+,20+,21+,22+,23+,24-,25-,26+,27-,28+,29+,30+,31+,32+,33-,34-,35-,36-,37-,39-/m0/s1. The highest BCUT2D eigenvalue weighted by Gasteiger charge is 2.61. The summed E-state index contributed by atoms with van der Waals surface area (Å²) >= 11 is 0. The zero-order chi connectivity index (χ0) is 52.3. The minimum absolute atomic E-state index is 0.782. The van der Waals surface area contributed by atoms with Gasteiger partial charge in [0.1, 0.15) is 110 Å². The van der Waals surface area contributed by atoms with E-state index >= 15 is 0 Å². The van der Waals surface area contributed by atoms with Gasteiger partial charge in [-0.15, -0.1) is 0 Å². The van der Waals surface area contributed by atoms with Crippen molar-refractivity contribution in [2.45, 2.75) is 193 Å². The molecule has 5 saturated heterocycles. The maximum atomic E-state index is 13.1. The van der Waals surface area contributed by atoms with Crippen molar-refractivity contribution in [1.29, 1.82) is 0 Å². The first-order chi connectivity index (χ1) is 32.8. The van der Waals surface area contributed by atoms with E-state index in [1.165, 1.54) is 6.92 Å². The second kappa shape index (κ2) is 24.3. The normalized spacial score (nSPS) is 45.5. The van der Waals surface area contributed by atoms with Crippen molar-refractivity contribution in [3.63, 3.8) is 0 Å². The Labute approximate surface area is 397 Å². The van der Waals surface area contributed by atoms with Gasteiger partial charge in [-0.1, -0.05) is 0 Å². The van der Waals surface area contributed by atoms with Crippen LogP contribution in [0.2, 0.25) is 0 Å². The molecule has 0 aromatic heterocycles. The molecular formula is C39H65N3O28. The van der Waals surface area contributed by atoms with E-state index in [-0.39, 0.29) is 0 Å². The monoisotopic (exact) mass is 1020 g/mol. The molecule has 0 aliphatic carbocycles. The van der Waals surface area contributed by atoms with Crippen molar-refractivity contribution in [2.24, 2.45) is 0 Å². The van der Waals surface area contributed by atoms with Gasteiger partial charge < -0.3 is 135 Å². The van der Waals surface area contributed by atoms with E-state index in [1.807, 2.05) is 0 Å². The Bertz CT molecular complexity index is 1760. The zero-order valence-corrected chi connectivity index (χ0v) is 38.0. The Kier molecular flexibility index (Phi) is 20.1. The number of carboxylic acids is 1. The molecule has 0 unspecified atom stereocenters. The molecule has 5 aliphatic heterocycles. The molecule has 0 bridgehead atoms. The van der Waals surface area contributed by atoms with E-state index in [4.69, 9.17) is 42.6 Å². The van der Waals surface area contributed by atoms with E-state index in [1.54, 1.807) is 0 Å². The Morgan fingerprint density at radius 1 is 0.586 bits per heavy atom. The number of aliphatic hydroxyl groups is 14. The van der Waals surface area contributed by atoms with Crippen molar-refractivity contribution in [3.8, 4) is 0 Å². The minimum atomic E-state index is -3.23. The van der Waals surface area contributed by atoms with Crippen LogP contribution in [0.15, 0.2) is 0 Å². The predicted molar refractivity (Wildman–Crippen MR) is 217 cm³/mol. The smallest absolute Gasteiger partial charge is 0.364 e. The fourth-order valence-electron chi connectivity index (χ4n) is 8.88. The molecule has 0 spiro atoms. The highest BCUT2D eigenvalue weighted by Crippen LogP contribution is 2.40. The summed E-state index contributed by atoms with van der Waals surface area (Å²) in [5.74, 6) is -7.83. The van der Waals surface area contributed by atoms with Crippen LogP contribution >= 0.6 is 0 Å². The number of aliphatic carboxylic acids is 1. The SMILES string of the molecule is CC(=O)N[C@@H]1[C@@H](O[C@@H]2O[C@H](CO)[C@@H](O[C@@H]3O[C@@H](C)[C@@H](O)[C@@H](O)[C@@H]3O)[C@H](O[C@@H]3O[C@H](CO)[C@H](O)[C@H](O[C@]4(C(=O)O)C[C@H](O)[C@@H](NC(C)=O)[C@H]([C@H](O)[C@H](O)CO)O4)[C@H]3O)[C@H]2NC(C)=O)[C@@H](O)[C@@H](CO)O[C@@H]1O. The van der Waals surface area contributed by atoms with Crippen LogP contribution in [0.4, 0.5) is 0 Å². The van der Waals surface area contributed by atoms with Gasteiger partial charge in [0.05, 0.1) is 44.7 Å². The Balaban J connectivity index is 1.60. The first-order valence-electron chi connectivity index (χ1n) is 22.1. The number of aliphatic hydroxyl groups excluding tert-OH is 14. The molecule has 0 aromatic rings. The van der Waals surface area contributed by atoms with E-state index < -0.39 is 215 Å². The molecule has 31 heteroatoms. The number of carbonyl (C=O) groups is 4. The number of amides is 3. The van der Waals surface area contributed by atoms with Crippen LogP contribution < -0.4 is 16.0 Å². The van der Waals surface area contributed by atoms with Crippen molar-refractivity contribution >= 4 is 23.7 Å². The van der Waals surface area contributed by atoms with Crippen LogP contribution in [0.5, 0.6) is 0 Å². The van der Waals surface area contributed by atoms with Crippen molar-refractivity contribution < 1.29 is 138 Å². The lowest BCUT2D eigenvalue weighted by molar-refractivity contribution is -0.394. The number of rotatable bonds is 18. The fraction of sp³-hybridized carbons (Fsp3) is 0.897. The van der Waals surface area contributed by atoms with Gasteiger partial charge >= 0.3 is 5.97 Å². The highest BCUT2D eigenvalue weighted by molar-refractivity contribution is 5.77. The summed E-state index contributed by atoms with van der Waals surface area (Å²) in [5.41, 5.74) is 0. The molecule has 5 rings (SSSR count). The van der Waals surface area contributed by atoms with E-state index in [0.717, 1.165) is 20.8 Å². The zero-order valence-electron chi connectivity index (χ0n) is 38.0. The number of carboxylic acid groups (broad SMARTS) is 1. The third-order valence-electron chi connectivity index (χ3n) is 12.5. The average molecular weight is 1020 g/mol. The lowest BCUT2D eigenvalue weighted by atomic mass is 9.88. The van der Waals surface area contributed by atoms with Gasteiger partial charge in [-0.25, -0.2) is 4.79 Å². The number of carbonyl (C=O) groups excluding carboxylic acids is 3. The molecule has 5 heterocycles. The lowest BCUT2D eigenvalue weighted by Crippen LogP contribution is -2.72. The summed E-state index contributed by atoms with van der Waals surface area (Å²) in [6.07, 6.45) is -44.7. The van der Waals surface area contributed by atoms with E-state index in [2.05, 4.69) is 16.0 Å². The van der Waals surface area contributed by atoms with Gasteiger partial charge in [0, 0.05) is 27.2 Å². The first kappa shape index (κ1) is 57.9. The van der Waals surface area contributed by atoms with Gasteiger partial charge in [-0.05, 0) is 6.92 Å². The summed E-state index contributed by atoms with van der Waals surface area (Å²) in [6.45, 7) is -0.00523. The summed E-state index contributed by atoms with van der Waals surface area (Å²) in [4.78, 5) is 50.5. The molecule has 26 atom stereocenters. The highest BCUT2D eigenvalue weighted by atomic mass is 16.8. The molecule has 70 heavy (non-hydrogen) atoms. The maximum Gasteiger partial charge on any atom is 0.364 e. The molecular weight excluding hydrogens is 958 g/mol. The van der Waals surface area contributed by atoms with Crippen LogP contribution in [0.25, 0.3) is 0 Å². The molecule has 31 nitrogen and oxygen atoms in total. The number of nitrogens with one attached hydrogen (secondary N) is 3. The Morgan fingerprint density at radius 2 is 1.09 bits per heavy atom. The topological polar surface area (TPSA) is 491 Å². The van der Waals surface area contributed by atoms with Gasteiger partial charge in [-0.3, -0.25) is 14.4 Å². The van der Waals surface area contributed by atoms with E-state index in [9.17, 15) is 95.8 Å². The van der Waals surface area contributed by atoms with Crippen LogP contribution in [-0.4, -0.2) is 286 Å². The van der Waals surface area contributed by atoms with E-state index in [0.29, 0.717) is 0 Å². The number of hydrogen-bond acceptors (Lipinski definition) is 27. The summed E-state index contributed by atoms with van der Waals surface area (Å²) in [7, 11) is 0. The molecule has 0 radical (unpaired) electrons. The fourth-order valence-corrected chi connectivity index (χ4v) is 8.88. The van der Waals surface area contributed by atoms with Gasteiger partial charge in [0.15, 0.2) is 25.2 Å². The lowest BCUT2D eigenvalue weighted by Gasteiger charge is -2.52. The van der Waals surface area contributed by atoms with Crippen LogP contribution in [-0.2, 0) is 61.8 Å². The van der Waals surface area contributed by atoms with Gasteiger partial charge in [-0.2, -0.15) is 0 Å². The molecule has 5 fully saturated rings. The van der Waals surface area contributed by atoms with Gasteiger partial charge in [0.2, 0.25) is 17.7 Å².